The fraction of sp³-hybridized carbons (Fsp3) is 0.857. The van der Waals surface area contributed by atoms with E-state index in [0.29, 0.717) is 6.54 Å². The van der Waals surface area contributed by atoms with E-state index in [-0.39, 0.29) is 23.3 Å². The fourth-order valence-electron chi connectivity index (χ4n) is 0.617. The molecule has 4 nitrogen and oxygen atoms in total. The molecule has 1 unspecified atom stereocenters. The summed E-state index contributed by atoms with van der Waals surface area (Å²) in [5.74, 6) is 0.0261. The number of carbonyl (C=O) groups excluding carboxylic acids is 1. The van der Waals surface area contributed by atoms with E-state index in [2.05, 4.69) is 17.9 Å². The van der Waals surface area contributed by atoms with Crippen LogP contribution in [-0.4, -0.2) is 44.5 Å². The quantitative estimate of drug-likeness (QED) is 0.473. The van der Waals surface area contributed by atoms with Crippen molar-refractivity contribution in [1.82, 2.24) is 5.32 Å². The highest BCUT2D eigenvalue weighted by Crippen LogP contribution is 1.92. The number of ketones is 1. The average molecular weight is 225 g/mol. The summed E-state index contributed by atoms with van der Waals surface area (Å²) < 4.78 is 21.3. The fourth-order valence-corrected chi connectivity index (χ4v) is 1.22. The van der Waals surface area contributed by atoms with Gasteiger partial charge in [-0.3, -0.25) is 4.79 Å². The zero-order valence-electron chi connectivity index (χ0n) is 7.78. The molecule has 0 fully saturated rings. The molecule has 0 spiro atoms. The predicted molar refractivity (Wildman–Crippen MR) is 56.0 cm³/mol. The third-order valence-corrected chi connectivity index (χ3v) is 2.65. The first-order chi connectivity index (χ1) is 5.83. The first-order valence-corrected chi connectivity index (χ1v) is 6.50. The molecule has 0 aromatic heterocycles. The molecule has 0 aromatic rings. The minimum atomic E-state index is -2.94. The van der Waals surface area contributed by atoms with Gasteiger partial charge in [0.2, 0.25) is 0 Å². The van der Waals surface area contributed by atoms with Crippen LogP contribution in [0.15, 0.2) is 0 Å². The third kappa shape index (κ3) is 8.27. The summed E-state index contributed by atoms with van der Waals surface area (Å²) in [6, 6.07) is 0. The van der Waals surface area contributed by atoms with Crippen LogP contribution in [0.25, 0.3) is 0 Å². The van der Waals surface area contributed by atoms with E-state index in [4.69, 9.17) is 0 Å². The molecule has 0 heterocycles. The van der Waals surface area contributed by atoms with Crippen LogP contribution in [0.5, 0.6) is 0 Å². The lowest BCUT2D eigenvalue weighted by atomic mass is 10.3. The van der Waals surface area contributed by atoms with Gasteiger partial charge in [-0.2, -0.15) is 12.6 Å². The molecule has 0 rings (SSSR count). The molecule has 13 heavy (non-hydrogen) atoms. The number of hydrogen-bond acceptors (Lipinski definition) is 5. The van der Waals surface area contributed by atoms with E-state index >= 15 is 0 Å². The first-order valence-electron chi connectivity index (χ1n) is 3.92. The van der Waals surface area contributed by atoms with Gasteiger partial charge in [0, 0.05) is 12.8 Å². The predicted octanol–water partition coefficient (Wildman–Crippen LogP) is -0.492. The molecule has 0 aliphatic heterocycles. The molecular weight excluding hydrogens is 210 g/mol. The summed E-state index contributed by atoms with van der Waals surface area (Å²) in [6.45, 7) is 2.18. The summed E-state index contributed by atoms with van der Waals surface area (Å²) in [4.78, 5) is 11.0. The van der Waals surface area contributed by atoms with E-state index in [0.717, 1.165) is 6.26 Å². The van der Waals surface area contributed by atoms with Crippen LogP contribution in [0.1, 0.15) is 6.92 Å². The second-order valence-corrected chi connectivity index (χ2v) is 5.98. The van der Waals surface area contributed by atoms with Crippen molar-refractivity contribution in [3.05, 3.63) is 0 Å². The largest absolute Gasteiger partial charge is 0.309 e. The molecule has 0 amide bonds. The van der Waals surface area contributed by atoms with E-state index in [1.807, 2.05) is 0 Å². The van der Waals surface area contributed by atoms with Crippen molar-refractivity contribution in [1.29, 1.82) is 0 Å². The van der Waals surface area contributed by atoms with Crippen LogP contribution in [0.4, 0.5) is 0 Å². The third-order valence-electron chi connectivity index (χ3n) is 1.41. The van der Waals surface area contributed by atoms with Crippen molar-refractivity contribution in [2.75, 3.05) is 25.1 Å². The number of nitrogens with one attached hydrogen (secondary N) is 1. The van der Waals surface area contributed by atoms with Crippen molar-refractivity contribution < 1.29 is 13.2 Å². The SMILES string of the molecule is CC(S)C(=O)CNCCS(C)(=O)=O. The van der Waals surface area contributed by atoms with Gasteiger partial charge in [0.1, 0.15) is 9.84 Å². The first kappa shape index (κ1) is 12.9. The maximum Gasteiger partial charge on any atom is 0.158 e. The molecular formula is C7H15NO3S2. The van der Waals surface area contributed by atoms with Crippen LogP contribution < -0.4 is 5.32 Å². The average Bonchev–Trinajstić information content (AvgIpc) is 1.95. The molecule has 1 N–H and O–H groups in total. The van der Waals surface area contributed by atoms with Gasteiger partial charge in [-0.15, -0.1) is 0 Å². The summed E-state index contributed by atoms with van der Waals surface area (Å²) in [7, 11) is -2.94. The van der Waals surface area contributed by atoms with Crippen LogP contribution >= 0.6 is 12.6 Å². The highest BCUT2D eigenvalue weighted by molar-refractivity contribution is 7.90. The number of rotatable bonds is 6. The Labute approximate surface area is 84.4 Å². The van der Waals surface area contributed by atoms with E-state index in [9.17, 15) is 13.2 Å². The monoisotopic (exact) mass is 225 g/mol. The maximum absolute atomic E-state index is 11.0. The molecule has 0 aromatic carbocycles. The van der Waals surface area contributed by atoms with Crippen molar-refractivity contribution in [2.24, 2.45) is 0 Å². The van der Waals surface area contributed by atoms with Crippen molar-refractivity contribution in [2.45, 2.75) is 12.2 Å². The molecule has 0 aliphatic rings. The second-order valence-electron chi connectivity index (χ2n) is 2.95. The van der Waals surface area contributed by atoms with Gasteiger partial charge >= 0.3 is 0 Å². The van der Waals surface area contributed by atoms with Gasteiger partial charge in [-0.1, -0.05) is 0 Å². The Morgan fingerprint density at radius 2 is 2.08 bits per heavy atom. The minimum absolute atomic E-state index is 0.0307. The van der Waals surface area contributed by atoms with Crippen LogP contribution in [0.2, 0.25) is 0 Å². The topological polar surface area (TPSA) is 63.2 Å². The molecule has 6 heteroatoms. The van der Waals surface area contributed by atoms with Gasteiger partial charge in [0.15, 0.2) is 5.78 Å². The molecule has 0 saturated carbocycles. The van der Waals surface area contributed by atoms with E-state index < -0.39 is 9.84 Å². The Kier molecular flexibility index (Phi) is 5.59. The maximum atomic E-state index is 11.0. The Morgan fingerprint density at radius 1 is 1.54 bits per heavy atom. The lowest BCUT2D eigenvalue weighted by molar-refractivity contribution is -0.117. The van der Waals surface area contributed by atoms with E-state index in [1.165, 1.54) is 0 Å². The Hall–Kier alpha value is -0.0700. The normalized spacial score (nSPS) is 14.1. The summed E-state index contributed by atoms with van der Waals surface area (Å²) in [5, 5.41) is 2.45. The molecule has 78 valence electrons. The van der Waals surface area contributed by atoms with Gasteiger partial charge in [-0.05, 0) is 6.92 Å². The van der Waals surface area contributed by atoms with Crippen molar-refractivity contribution >= 4 is 28.2 Å². The van der Waals surface area contributed by atoms with Crippen LogP contribution in [-0.2, 0) is 14.6 Å². The standard InChI is InChI=1S/C7H15NO3S2/c1-6(12)7(9)5-8-3-4-13(2,10)11/h6,8,12H,3-5H2,1-2H3. The Morgan fingerprint density at radius 3 is 2.46 bits per heavy atom. The smallest absolute Gasteiger partial charge is 0.158 e. The molecule has 0 aliphatic carbocycles. The Bertz CT molecular complexity index is 259. The molecule has 0 saturated heterocycles. The zero-order chi connectivity index (χ0) is 10.5. The number of Topliss-reactive ketones (excluding diaryl/α,β-unsaturated/α-hetero) is 1. The summed E-state index contributed by atoms with van der Waals surface area (Å²) >= 11 is 3.94. The number of carbonyl (C=O) groups is 1. The highest BCUT2D eigenvalue weighted by atomic mass is 32.2. The Balaban J connectivity index is 3.53. The van der Waals surface area contributed by atoms with Gasteiger partial charge in [0.05, 0.1) is 17.5 Å². The number of sulfone groups is 1. The molecule has 0 radical (unpaired) electrons. The van der Waals surface area contributed by atoms with Gasteiger partial charge in [-0.25, -0.2) is 8.42 Å². The lowest BCUT2D eigenvalue weighted by Gasteiger charge is -2.04. The van der Waals surface area contributed by atoms with Gasteiger partial charge in [0.25, 0.3) is 0 Å². The van der Waals surface area contributed by atoms with Crippen LogP contribution in [0, 0.1) is 0 Å². The second kappa shape index (κ2) is 5.62. The minimum Gasteiger partial charge on any atom is -0.309 e. The summed E-state index contributed by atoms with van der Waals surface area (Å²) in [5.41, 5.74) is 0. The van der Waals surface area contributed by atoms with Crippen LogP contribution in [0.3, 0.4) is 0 Å². The van der Waals surface area contributed by atoms with Crippen molar-refractivity contribution in [3.63, 3.8) is 0 Å². The van der Waals surface area contributed by atoms with E-state index in [1.54, 1.807) is 6.92 Å². The molecule has 0 bridgehead atoms. The summed E-state index contributed by atoms with van der Waals surface area (Å²) in [6.07, 6.45) is 1.16. The van der Waals surface area contributed by atoms with Crippen molar-refractivity contribution in [3.8, 4) is 0 Å². The lowest BCUT2D eigenvalue weighted by Crippen LogP contribution is -2.31. The zero-order valence-corrected chi connectivity index (χ0v) is 9.49. The number of thiol groups is 1. The van der Waals surface area contributed by atoms with Gasteiger partial charge < -0.3 is 5.32 Å². The number of hydrogen-bond donors (Lipinski definition) is 2. The highest BCUT2D eigenvalue weighted by Gasteiger charge is 2.07. The molecule has 1 atom stereocenters.